The fraction of sp³-hybridized carbons (Fsp3) is 0.0455. The van der Waals surface area contributed by atoms with Crippen molar-refractivity contribution in [3.8, 4) is 17.2 Å². The van der Waals surface area contributed by atoms with Gasteiger partial charge in [-0.05, 0) is 48.5 Å². The van der Waals surface area contributed by atoms with Crippen molar-refractivity contribution < 1.29 is 32.6 Å². The number of halogens is 3. The van der Waals surface area contributed by atoms with Gasteiger partial charge in [0.2, 0.25) is 0 Å². The number of ether oxygens (including phenoxy) is 1. The molecule has 0 fully saturated rings. The first-order chi connectivity index (χ1) is 16.7. The van der Waals surface area contributed by atoms with Crippen molar-refractivity contribution >= 4 is 23.4 Å². The van der Waals surface area contributed by atoms with Crippen molar-refractivity contribution in [2.24, 2.45) is 0 Å². The molecule has 3 N–H and O–H groups in total. The Kier molecular flexibility index (Phi) is 6.31. The van der Waals surface area contributed by atoms with Crippen molar-refractivity contribution in [1.29, 1.82) is 0 Å². The highest BCUT2D eigenvalue weighted by molar-refractivity contribution is 5.99. The normalized spacial score (nSPS) is 11.1. The van der Waals surface area contributed by atoms with Gasteiger partial charge in [-0.25, -0.2) is 24.2 Å². The van der Waals surface area contributed by atoms with Gasteiger partial charge in [-0.2, -0.15) is 18.3 Å². The maximum atomic E-state index is 13.5. The highest BCUT2D eigenvalue weighted by Gasteiger charge is 2.34. The van der Waals surface area contributed by atoms with Crippen molar-refractivity contribution in [3.05, 3.63) is 84.7 Å². The average Bonchev–Trinajstić information content (AvgIpc) is 3.35. The van der Waals surface area contributed by atoms with Crippen molar-refractivity contribution in [3.63, 3.8) is 0 Å². The van der Waals surface area contributed by atoms with Crippen molar-refractivity contribution in [2.75, 3.05) is 10.6 Å². The second-order valence-corrected chi connectivity index (χ2v) is 6.96. The Morgan fingerprint density at radius 2 is 1.66 bits per heavy atom. The zero-order valence-corrected chi connectivity index (χ0v) is 17.5. The minimum absolute atomic E-state index is 0.0782. The number of carbonyl (C=O) groups excluding carboxylic acids is 1. The number of pyridine rings is 1. The Hall–Kier alpha value is -4.94. The van der Waals surface area contributed by atoms with Gasteiger partial charge in [0, 0.05) is 23.6 Å². The minimum Gasteiger partial charge on any atom is -0.477 e. The topological polar surface area (TPSA) is 131 Å². The number of aromatic carboxylic acids is 1. The molecule has 2 heterocycles. The monoisotopic (exact) mass is 484 g/mol. The largest absolute Gasteiger partial charge is 0.477 e. The lowest BCUT2D eigenvalue weighted by Gasteiger charge is -2.15. The molecule has 0 saturated carbocycles. The number of aromatic nitrogens is 4. The predicted octanol–water partition coefficient (Wildman–Crippen LogP) is 4.82. The molecule has 2 amide bonds. The Labute approximate surface area is 195 Å². The van der Waals surface area contributed by atoms with Crippen LogP contribution in [0.5, 0.6) is 11.5 Å². The minimum atomic E-state index is -4.69. The summed E-state index contributed by atoms with van der Waals surface area (Å²) in [5.74, 6) is -0.584. The molecule has 4 rings (SSSR count). The average molecular weight is 484 g/mol. The molecule has 0 aliphatic heterocycles. The molecule has 10 nitrogen and oxygen atoms in total. The Morgan fingerprint density at radius 3 is 2.31 bits per heavy atom. The van der Waals surface area contributed by atoms with Crippen LogP contribution in [0.4, 0.5) is 29.3 Å². The second-order valence-electron chi connectivity index (χ2n) is 6.96. The summed E-state index contributed by atoms with van der Waals surface area (Å²) >= 11 is 0. The van der Waals surface area contributed by atoms with Gasteiger partial charge in [-0.3, -0.25) is 0 Å². The van der Waals surface area contributed by atoms with Crippen LogP contribution in [-0.4, -0.2) is 36.9 Å². The number of nitrogens with one attached hydrogen (secondary N) is 2. The molecule has 178 valence electrons. The number of carboxylic acid groups (broad SMARTS) is 1. The maximum Gasteiger partial charge on any atom is 0.418 e. The fourth-order valence-electron chi connectivity index (χ4n) is 3.00. The summed E-state index contributed by atoms with van der Waals surface area (Å²) < 4.78 is 47.1. The maximum absolute atomic E-state index is 13.5. The summed E-state index contributed by atoms with van der Waals surface area (Å²) in [6.07, 6.45) is -1.15. The van der Waals surface area contributed by atoms with Crippen LogP contribution in [0, 0.1) is 0 Å². The van der Waals surface area contributed by atoms with Crippen LogP contribution >= 0.6 is 0 Å². The van der Waals surface area contributed by atoms with E-state index in [2.05, 4.69) is 25.7 Å². The van der Waals surface area contributed by atoms with E-state index in [0.29, 0.717) is 11.4 Å². The number of hydrogen-bond donors (Lipinski definition) is 3. The van der Waals surface area contributed by atoms with E-state index in [1.807, 2.05) is 0 Å². The summed E-state index contributed by atoms with van der Waals surface area (Å²) in [4.78, 5) is 30.6. The number of alkyl halides is 3. The first kappa shape index (κ1) is 23.2. The van der Waals surface area contributed by atoms with E-state index in [-0.39, 0.29) is 22.8 Å². The van der Waals surface area contributed by atoms with Crippen LogP contribution < -0.4 is 15.4 Å². The molecular weight excluding hydrogens is 469 g/mol. The summed E-state index contributed by atoms with van der Waals surface area (Å²) in [5, 5.41) is 17.6. The molecule has 0 atom stereocenters. The molecule has 13 heteroatoms. The molecule has 2 aromatic heterocycles. The van der Waals surface area contributed by atoms with Gasteiger partial charge in [0.15, 0.2) is 5.69 Å². The Bertz CT molecular complexity index is 1360. The van der Waals surface area contributed by atoms with Crippen LogP contribution in [0.3, 0.4) is 0 Å². The number of carboxylic acids is 1. The second kappa shape index (κ2) is 9.51. The van der Waals surface area contributed by atoms with E-state index in [1.165, 1.54) is 54.7 Å². The van der Waals surface area contributed by atoms with E-state index in [9.17, 15) is 22.8 Å². The first-order valence-electron chi connectivity index (χ1n) is 9.80. The Balaban J connectivity index is 1.42. The van der Waals surface area contributed by atoms with Crippen LogP contribution in [0.2, 0.25) is 0 Å². The first-order valence-corrected chi connectivity index (χ1v) is 9.80. The number of carbonyl (C=O) groups is 2. The zero-order valence-electron chi connectivity index (χ0n) is 17.5. The third kappa shape index (κ3) is 5.71. The highest BCUT2D eigenvalue weighted by Crippen LogP contribution is 2.35. The van der Waals surface area contributed by atoms with Crippen LogP contribution in [-0.2, 0) is 6.18 Å². The van der Waals surface area contributed by atoms with E-state index in [1.54, 1.807) is 0 Å². The molecular formula is C22H15F3N6O4. The molecule has 0 spiro atoms. The van der Waals surface area contributed by atoms with Gasteiger partial charge in [-0.15, -0.1) is 0 Å². The predicted molar refractivity (Wildman–Crippen MR) is 117 cm³/mol. The van der Waals surface area contributed by atoms with Crippen molar-refractivity contribution in [1.82, 2.24) is 19.7 Å². The third-order valence-corrected chi connectivity index (χ3v) is 4.52. The van der Waals surface area contributed by atoms with Gasteiger partial charge >= 0.3 is 18.2 Å². The number of anilines is 2. The summed E-state index contributed by atoms with van der Waals surface area (Å²) in [6.45, 7) is 0. The number of benzene rings is 2. The van der Waals surface area contributed by atoms with Gasteiger partial charge in [0.05, 0.1) is 11.3 Å². The lowest BCUT2D eigenvalue weighted by Crippen LogP contribution is -2.20. The van der Waals surface area contributed by atoms with E-state index in [4.69, 9.17) is 9.84 Å². The third-order valence-electron chi connectivity index (χ3n) is 4.52. The quantitative estimate of drug-likeness (QED) is 0.358. The fourth-order valence-corrected chi connectivity index (χ4v) is 3.00. The summed E-state index contributed by atoms with van der Waals surface area (Å²) in [5.41, 5.74) is -1.15. The number of amides is 2. The molecule has 0 aliphatic rings. The molecule has 0 saturated heterocycles. The Morgan fingerprint density at radius 1 is 0.943 bits per heavy atom. The van der Waals surface area contributed by atoms with E-state index in [0.717, 1.165) is 23.4 Å². The van der Waals surface area contributed by atoms with Gasteiger partial charge in [0.25, 0.3) is 0 Å². The molecule has 2 aromatic carbocycles. The number of rotatable bonds is 6. The molecule has 0 aliphatic carbocycles. The lowest BCUT2D eigenvalue weighted by molar-refractivity contribution is -0.137. The van der Waals surface area contributed by atoms with Crippen LogP contribution in [0.25, 0.3) is 5.69 Å². The van der Waals surface area contributed by atoms with Gasteiger partial charge in [0.1, 0.15) is 24.2 Å². The zero-order chi connectivity index (χ0) is 25.0. The van der Waals surface area contributed by atoms with E-state index < -0.39 is 23.7 Å². The summed E-state index contributed by atoms with van der Waals surface area (Å²) in [6, 6.07) is 11.3. The smallest absolute Gasteiger partial charge is 0.418 e. The molecule has 0 radical (unpaired) electrons. The van der Waals surface area contributed by atoms with Gasteiger partial charge in [-0.1, -0.05) is 0 Å². The molecule has 0 bridgehead atoms. The highest BCUT2D eigenvalue weighted by atomic mass is 19.4. The van der Waals surface area contributed by atoms with E-state index >= 15 is 0 Å². The van der Waals surface area contributed by atoms with Crippen LogP contribution in [0.1, 0.15) is 16.1 Å². The van der Waals surface area contributed by atoms with Crippen molar-refractivity contribution in [2.45, 2.75) is 6.18 Å². The lowest BCUT2D eigenvalue weighted by atomic mass is 10.1. The number of hydrogen-bond acceptors (Lipinski definition) is 6. The van der Waals surface area contributed by atoms with Gasteiger partial charge < -0.3 is 20.5 Å². The summed E-state index contributed by atoms with van der Waals surface area (Å²) in [7, 11) is 0. The van der Waals surface area contributed by atoms with Crippen LogP contribution in [0.15, 0.2) is 73.4 Å². The standard InChI is InChI=1S/C22H15F3N6O4/c23-22(24,25)17-9-14(3-6-19(17)31-12-26-11-28-31)30-21(34)29-13-1-4-15(5-2-13)35-16-7-8-27-18(10-16)20(32)33/h1-12H,(H,32,33)(H2,29,30,34). The molecule has 35 heavy (non-hydrogen) atoms. The molecule has 0 unspecified atom stereocenters. The number of nitrogens with zero attached hydrogens (tertiary/aromatic N) is 4. The molecule has 4 aromatic rings. The number of urea groups is 1. The SMILES string of the molecule is O=C(Nc1ccc(Oc2ccnc(C(=O)O)c2)cc1)Nc1ccc(-n2cncn2)c(C(F)(F)F)c1.